The number of nitro groups is 1. The normalized spacial score (nSPS) is 10.7. The quantitative estimate of drug-likeness (QED) is 0.169. The van der Waals surface area contributed by atoms with Gasteiger partial charge >= 0.3 is 5.97 Å². The van der Waals surface area contributed by atoms with Gasteiger partial charge in [-0.15, -0.1) is 6.58 Å². The molecule has 0 bridgehead atoms. The Labute approximate surface area is 197 Å². The van der Waals surface area contributed by atoms with Crippen LogP contribution < -0.4 is 9.47 Å². The van der Waals surface area contributed by atoms with Crippen LogP contribution in [0.4, 0.5) is 11.4 Å². The van der Waals surface area contributed by atoms with Crippen molar-refractivity contribution in [2.45, 2.75) is 20.0 Å². The van der Waals surface area contributed by atoms with Crippen LogP contribution in [0, 0.1) is 10.1 Å². The number of nitro benzene ring substituents is 1. The average molecular weight is 460 g/mol. The fourth-order valence-electron chi connectivity index (χ4n) is 3.20. The molecule has 0 fully saturated rings. The van der Waals surface area contributed by atoms with Gasteiger partial charge in [0.25, 0.3) is 5.69 Å². The third kappa shape index (κ3) is 6.29. The van der Waals surface area contributed by atoms with Crippen LogP contribution in [-0.4, -0.2) is 28.8 Å². The van der Waals surface area contributed by atoms with Gasteiger partial charge in [-0.2, -0.15) is 0 Å². The zero-order valence-corrected chi connectivity index (χ0v) is 18.6. The standard InChI is InChI=1S/C26H24N2O6/c1-3-5-21-14-19(16-27-22-10-12-23(13-11-22)28(31)32)15-24(33-4-2)25(21)34-17-18-6-8-20(9-7-18)26(29)30/h3,6-16H,1,4-5,17H2,2H3,(H,29,30). The highest BCUT2D eigenvalue weighted by atomic mass is 16.6. The average Bonchev–Trinajstić information content (AvgIpc) is 2.83. The number of aromatic carboxylic acids is 1. The predicted molar refractivity (Wildman–Crippen MR) is 130 cm³/mol. The molecule has 34 heavy (non-hydrogen) atoms. The predicted octanol–water partition coefficient (Wildman–Crippen LogP) is 5.75. The molecule has 0 aromatic heterocycles. The zero-order chi connectivity index (χ0) is 24.5. The van der Waals surface area contributed by atoms with Gasteiger partial charge in [0.15, 0.2) is 11.5 Å². The molecule has 0 heterocycles. The Morgan fingerprint density at radius 1 is 1.12 bits per heavy atom. The summed E-state index contributed by atoms with van der Waals surface area (Å²) in [6.07, 6.45) is 3.95. The van der Waals surface area contributed by atoms with Gasteiger partial charge in [0.1, 0.15) is 6.61 Å². The molecular formula is C26H24N2O6. The van der Waals surface area contributed by atoms with Crippen molar-refractivity contribution in [3.63, 3.8) is 0 Å². The number of allylic oxidation sites excluding steroid dienone is 1. The van der Waals surface area contributed by atoms with Gasteiger partial charge in [-0.1, -0.05) is 18.2 Å². The SMILES string of the molecule is C=CCc1cc(C=Nc2ccc([N+](=O)[O-])cc2)cc(OCC)c1OCc1ccc(C(=O)O)cc1. The van der Waals surface area contributed by atoms with Crippen molar-refractivity contribution >= 4 is 23.6 Å². The molecule has 0 amide bonds. The lowest BCUT2D eigenvalue weighted by Crippen LogP contribution is -2.04. The zero-order valence-electron chi connectivity index (χ0n) is 18.6. The highest BCUT2D eigenvalue weighted by molar-refractivity contribution is 5.87. The molecule has 0 aliphatic heterocycles. The molecule has 0 aliphatic carbocycles. The van der Waals surface area contributed by atoms with Crippen molar-refractivity contribution in [3.05, 3.63) is 106 Å². The second-order valence-corrected chi connectivity index (χ2v) is 7.26. The van der Waals surface area contributed by atoms with Gasteiger partial charge in [0.2, 0.25) is 0 Å². The van der Waals surface area contributed by atoms with Crippen LogP contribution in [0.5, 0.6) is 11.5 Å². The lowest BCUT2D eigenvalue weighted by Gasteiger charge is -2.17. The number of carbonyl (C=O) groups is 1. The summed E-state index contributed by atoms with van der Waals surface area (Å²) in [6.45, 7) is 6.36. The molecule has 3 aromatic carbocycles. The second kappa shape index (κ2) is 11.4. The summed E-state index contributed by atoms with van der Waals surface area (Å²) in [5.74, 6) is 0.149. The van der Waals surface area contributed by atoms with E-state index in [1.807, 2.05) is 19.1 Å². The molecule has 3 aromatic rings. The second-order valence-electron chi connectivity index (χ2n) is 7.26. The molecule has 0 radical (unpaired) electrons. The van der Waals surface area contributed by atoms with Crippen molar-refractivity contribution in [1.29, 1.82) is 0 Å². The monoisotopic (exact) mass is 460 g/mol. The first-order chi connectivity index (χ1) is 16.4. The van der Waals surface area contributed by atoms with Crippen LogP contribution in [-0.2, 0) is 13.0 Å². The lowest BCUT2D eigenvalue weighted by atomic mass is 10.1. The maximum absolute atomic E-state index is 11.0. The number of nitrogens with zero attached hydrogens (tertiary/aromatic N) is 2. The molecule has 0 aliphatic rings. The Morgan fingerprint density at radius 2 is 1.82 bits per heavy atom. The van der Waals surface area contributed by atoms with Crippen LogP contribution in [0.1, 0.15) is 34.0 Å². The number of ether oxygens (including phenoxy) is 2. The van der Waals surface area contributed by atoms with Crippen LogP contribution in [0.3, 0.4) is 0 Å². The Balaban J connectivity index is 1.86. The van der Waals surface area contributed by atoms with E-state index in [0.29, 0.717) is 30.2 Å². The molecule has 174 valence electrons. The highest BCUT2D eigenvalue weighted by Gasteiger charge is 2.14. The van der Waals surface area contributed by atoms with E-state index < -0.39 is 10.9 Å². The van der Waals surface area contributed by atoms with E-state index in [0.717, 1.165) is 16.7 Å². The Morgan fingerprint density at radius 3 is 2.41 bits per heavy atom. The highest BCUT2D eigenvalue weighted by Crippen LogP contribution is 2.34. The summed E-state index contributed by atoms with van der Waals surface area (Å²) in [7, 11) is 0. The summed E-state index contributed by atoms with van der Waals surface area (Å²) >= 11 is 0. The number of aliphatic imine (C=N–C) groups is 1. The van der Waals surface area contributed by atoms with Gasteiger partial charge in [-0.3, -0.25) is 15.1 Å². The summed E-state index contributed by atoms with van der Waals surface area (Å²) < 4.78 is 11.9. The molecule has 3 rings (SSSR count). The Bertz CT molecular complexity index is 1200. The summed E-state index contributed by atoms with van der Waals surface area (Å²) in [4.78, 5) is 25.8. The van der Waals surface area contributed by atoms with Crippen LogP contribution in [0.25, 0.3) is 0 Å². The van der Waals surface area contributed by atoms with E-state index in [2.05, 4.69) is 11.6 Å². The van der Waals surface area contributed by atoms with E-state index in [1.54, 1.807) is 36.6 Å². The first-order valence-electron chi connectivity index (χ1n) is 10.6. The van der Waals surface area contributed by atoms with Gasteiger partial charge < -0.3 is 14.6 Å². The number of rotatable bonds is 11. The molecule has 0 unspecified atom stereocenters. The third-order valence-corrected chi connectivity index (χ3v) is 4.83. The molecule has 0 saturated heterocycles. The summed E-state index contributed by atoms with van der Waals surface area (Å²) in [6, 6.07) is 16.2. The lowest BCUT2D eigenvalue weighted by molar-refractivity contribution is -0.384. The molecule has 0 atom stereocenters. The minimum Gasteiger partial charge on any atom is -0.490 e. The Hall–Kier alpha value is -4.46. The minimum absolute atomic E-state index is 0.00459. The van der Waals surface area contributed by atoms with Gasteiger partial charge in [-0.25, -0.2) is 4.79 Å². The summed E-state index contributed by atoms with van der Waals surface area (Å²) in [5, 5.41) is 19.9. The van der Waals surface area contributed by atoms with E-state index in [1.165, 1.54) is 24.3 Å². The number of carboxylic acid groups (broad SMARTS) is 1. The van der Waals surface area contributed by atoms with Crippen molar-refractivity contribution in [2.75, 3.05) is 6.61 Å². The molecule has 8 nitrogen and oxygen atoms in total. The molecular weight excluding hydrogens is 436 g/mol. The Kier molecular flexibility index (Phi) is 8.12. The molecule has 0 saturated carbocycles. The fourth-order valence-corrected chi connectivity index (χ4v) is 3.20. The van der Waals surface area contributed by atoms with Crippen molar-refractivity contribution in [2.24, 2.45) is 4.99 Å². The maximum Gasteiger partial charge on any atom is 0.335 e. The van der Waals surface area contributed by atoms with Crippen LogP contribution >= 0.6 is 0 Å². The van der Waals surface area contributed by atoms with E-state index in [-0.39, 0.29) is 17.9 Å². The van der Waals surface area contributed by atoms with Gasteiger partial charge in [0, 0.05) is 23.9 Å². The van der Waals surface area contributed by atoms with Crippen LogP contribution in [0.2, 0.25) is 0 Å². The maximum atomic E-state index is 11.0. The molecule has 1 N–H and O–H groups in total. The topological polar surface area (TPSA) is 111 Å². The van der Waals surface area contributed by atoms with E-state index in [4.69, 9.17) is 14.6 Å². The van der Waals surface area contributed by atoms with Gasteiger partial charge in [0.05, 0.1) is 22.8 Å². The minimum atomic E-state index is -0.981. The summed E-state index contributed by atoms with van der Waals surface area (Å²) in [5.41, 5.74) is 3.25. The first kappa shape index (κ1) is 24.2. The fraction of sp³-hybridized carbons (Fsp3) is 0.154. The molecule has 0 spiro atoms. The smallest absolute Gasteiger partial charge is 0.335 e. The largest absolute Gasteiger partial charge is 0.490 e. The number of benzene rings is 3. The third-order valence-electron chi connectivity index (χ3n) is 4.83. The van der Waals surface area contributed by atoms with Crippen molar-refractivity contribution in [3.8, 4) is 11.5 Å². The number of hydrogen-bond acceptors (Lipinski definition) is 6. The van der Waals surface area contributed by atoms with Crippen molar-refractivity contribution < 1.29 is 24.3 Å². The number of non-ortho nitro benzene ring substituents is 1. The van der Waals surface area contributed by atoms with E-state index >= 15 is 0 Å². The first-order valence-corrected chi connectivity index (χ1v) is 10.6. The number of carboxylic acids is 1. The van der Waals surface area contributed by atoms with Crippen molar-refractivity contribution in [1.82, 2.24) is 0 Å². The molecule has 8 heteroatoms. The number of hydrogen-bond donors (Lipinski definition) is 1. The van der Waals surface area contributed by atoms with Crippen LogP contribution in [0.15, 0.2) is 78.3 Å². The van der Waals surface area contributed by atoms with Gasteiger partial charge in [-0.05, 0) is 60.9 Å². The van der Waals surface area contributed by atoms with E-state index in [9.17, 15) is 14.9 Å².